The van der Waals surface area contributed by atoms with Crippen LogP contribution in [0.5, 0.6) is 0 Å². The second-order valence-electron chi connectivity index (χ2n) is 3.94. The average Bonchev–Trinajstić information content (AvgIpc) is 2.58. The molecule has 1 atom stereocenters. The zero-order valence-electron chi connectivity index (χ0n) is 8.17. The van der Waals surface area contributed by atoms with Crippen molar-refractivity contribution in [2.75, 3.05) is 11.5 Å². The van der Waals surface area contributed by atoms with Gasteiger partial charge in [-0.25, -0.2) is 0 Å². The van der Waals surface area contributed by atoms with Gasteiger partial charge >= 0.3 is 0 Å². The van der Waals surface area contributed by atoms with E-state index in [1.165, 1.54) is 0 Å². The summed E-state index contributed by atoms with van der Waals surface area (Å²) in [4.78, 5) is 0. The van der Waals surface area contributed by atoms with Crippen LogP contribution in [-0.2, 0) is 6.42 Å². The maximum atomic E-state index is 10.2. The molecule has 15 heavy (non-hydrogen) atoms. The van der Waals surface area contributed by atoms with E-state index in [1.807, 2.05) is 12.1 Å². The molecule has 1 aromatic rings. The van der Waals surface area contributed by atoms with E-state index in [-0.39, 0.29) is 0 Å². The first-order valence-electron chi connectivity index (χ1n) is 4.83. The lowest BCUT2D eigenvalue weighted by Crippen LogP contribution is -2.30. The zero-order chi connectivity index (χ0) is 10.9. The Morgan fingerprint density at radius 2 is 2.20 bits per heavy atom. The fourth-order valence-corrected chi connectivity index (χ4v) is 3.53. The van der Waals surface area contributed by atoms with Gasteiger partial charge in [0.15, 0.2) is 0 Å². The predicted molar refractivity (Wildman–Crippen MR) is 67.1 cm³/mol. The van der Waals surface area contributed by atoms with Crippen LogP contribution in [0.1, 0.15) is 12.0 Å². The normalized spacial score (nSPS) is 25.8. The first-order chi connectivity index (χ1) is 7.09. The highest BCUT2D eigenvalue weighted by molar-refractivity contribution is 7.99. The van der Waals surface area contributed by atoms with E-state index < -0.39 is 5.60 Å². The lowest BCUT2D eigenvalue weighted by atomic mass is 9.94. The molecular weight excluding hydrogens is 251 g/mol. The van der Waals surface area contributed by atoms with Crippen LogP contribution in [0.15, 0.2) is 18.2 Å². The SMILES string of the molecule is OC1(Cc2ccc(Cl)cc2Cl)CCSC1. The summed E-state index contributed by atoms with van der Waals surface area (Å²) >= 11 is 13.7. The summed E-state index contributed by atoms with van der Waals surface area (Å²) in [5.74, 6) is 1.83. The van der Waals surface area contributed by atoms with Crippen molar-refractivity contribution in [2.45, 2.75) is 18.4 Å². The minimum atomic E-state index is -0.581. The van der Waals surface area contributed by atoms with E-state index in [1.54, 1.807) is 17.8 Å². The van der Waals surface area contributed by atoms with Crippen molar-refractivity contribution in [1.29, 1.82) is 0 Å². The van der Waals surface area contributed by atoms with Crippen molar-refractivity contribution < 1.29 is 5.11 Å². The van der Waals surface area contributed by atoms with Crippen LogP contribution in [0.4, 0.5) is 0 Å². The summed E-state index contributed by atoms with van der Waals surface area (Å²) in [6, 6.07) is 5.43. The highest BCUT2D eigenvalue weighted by Crippen LogP contribution is 2.33. The third kappa shape index (κ3) is 2.82. The van der Waals surface area contributed by atoms with E-state index >= 15 is 0 Å². The van der Waals surface area contributed by atoms with Gasteiger partial charge in [0.05, 0.1) is 5.60 Å². The number of hydrogen-bond acceptors (Lipinski definition) is 2. The summed E-state index contributed by atoms with van der Waals surface area (Å²) in [6.45, 7) is 0. The molecule has 1 saturated heterocycles. The Kier molecular flexibility index (Phi) is 3.51. The van der Waals surface area contributed by atoms with Crippen molar-refractivity contribution in [3.8, 4) is 0 Å². The summed E-state index contributed by atoms with van der Waals surface area (Å²) in [6.07, 6.45) is 1.46. The summed E-state index contributed by atoms with van der Waals surface area (Å²) < 4.78 is 0. The molecule has 0 radical (unpaired) electrons. The third-order valence-corrected chi connectivity index (χ3v) is 4.44. The van der Waals surface area contributed by atoms with Crippen molar-refractivity contribution in [3.63, 3.8) is 0 Å². The van der Waals surface area contributed by atoms with E-state index in [0.29, 0.717) is 16.5 Å². The molecule has 1 unspecified atom stereocenters. The molecule has 1 heterocycles. The Balaban J connectivity index is 2.16. The molecule has 4 heteroatoms. The predicted octanol–water partition coefficient (Wildman–Crippen LogP) is 3.40. The van der Waals surface area contributed by atoms with E-state index in [9.17, 15) is 5.11 Å². The van der Waals surface area contributed by atoms with Gasteiger partial charge in [0.25, 0.3) is 0 Å². The number of halogens is 2. The number of aliphatic hydroxyl groups is 1. The van der Waals surface area contributed by atoms with Crippen LogP contribution in [0, 0.1) is 0 Å². The lowest BCUT2D eigenvalue weighted by molar-refractivity contribution is 0.0686. The molecule has 1 aliphatic rings. The smallest absolute Gasteiger partial charge is 0.0786 e. The van der Waals surface area contributed by atoms with Gasteiger partial charge in [-0.2, -0.15) is 11.8 Å². The summed E-state index contributed by atoms with van der Waals surface area (Å²) in [7, 11) is 0. The van der Waals surface area contributed by atoms with Gasteiger partial charge in [-0.1, -0.05) is 29.3 Å². The molecule has 0 bridgehead atoms. The maximum Gasteiger partial charge on any atom is 0.0786 e. The maximum absolute atomic E-state index is 10.2. The van der Waals surface area contributed by atoms with Crippen LogP contribution < -0.4 is 0 Å². The van der Waals surface area contributed by atoms with E-state index in [4.69, 9.17) is 23.2 Å². The lowest BCUT2D eigenvalue weighted by Gasteiger charge is -2.21. The van der Waals surface area contributed by atoms with Gasteiger partial charge in [0.2, 0.25) is 0 Å². The molecule has 82 valence electrons. The number of benzene rings is 1. The first-order valence-corrected chi connectivity index (χ1v) is 6.74. The minimum Gasteiger partial charge on any atom is -0.389 e. The molecule has 1 fully saturated rings. The minimum absolute atomic E-state index is 0.581. The van der Waals surface area contributed by atoms with Crippen LogP contribution in [0.25, 0.3) is 0 Å². The third-order valence-electron chi connectivity index (χ3n) is 2.62. The fourth-order valence-electron chi connectivity index (χ4n) is 1.76. The Morgan fingerprint density at radius 1 is 1.40 bits per heavy atom. The van der Waals surface area contributed by atoms with E-state index in [2.05, 4.69) is 0 Å². The Bertz CT molecular complexity index is 362. The van der Waals surface area contributed by atoms with Crippen LogP contribution in [0.2, 0.25) is 10.0 Å². The van der Waals surface area contributed by atoms with Gasteiger partial charge in [-0.05, 0) is 29.9 Å². The van der Waals surface area contributed by atoms with Crippen molar-refractivity contribution in [2.24, 2.45) is 0 Å². The molecule has 1 nitrogen and oxygen atoms in total. The number of thioether (sulfide) groups is 1. The Labute approximate surface area is 104 Å². The van der Waals surface area contributed by atoms with Crippen molar-refractivity contribution in [1.82, 2.24) is 0 Å². The highest BCUT2D eigenvalue weighted by Gasteiger charge is 2.32. The molecule has 0 aliphatic carbocycles. The molecule has 1 aliphatic heterocycles. The van der Waals surface area contributed by atoms with Crippen LogP contribution >= 0.6 is 35.0 Å². The van der Waals surface area contributed by atoms with Gasteiger partial charge in [-0.3, -0.25) is 0 Å². The van der Waals surface area contributed by atoms with Crippen molar-refractivity contribution >= 4 is 35.0 Å². The van der Waals surface area contributed by atoms with Gasteiger partial charge in [0, 0.05) is 22.2 Å². The summed E-state index contributed by atoms with van der Waals surface area (Å²) in [5.41, 5.74) is 0.397. The molecule has 0 amide bonds. The zero-order valence-corrected chi connectivity index (χ0v) is 10.5. The Morgan fingerprint density at radius 3 is 2.80 bits per heavy atom. The standard InChI is InChI=1S/C11H12Cl2OS/c12-9-2-1-8(10(13)5-9)6-11(14)3-4-15-7-11/h1-2,5,14H,3-4,6-7H2. The van der Waals surface area contributed by atoms with Crippen LogP contribution in [-0.4, -0.2) is 22.2 Å². The second-order valence-corrected chi connectivity index (χ2v) is 5.89. The molecule has 1 N–H and O–H groups in total. The largest absolute Gasteiger partial charge is 0.389 e. The Hall–Kier alpha value is 0.110. The monoisotopic (exact) mass is 262 g/mol. The average molecular weight is 263 g/mol. The molecule has 0 saturated carbocycles. The molecule has 1 aromatic carbocycles. The van der Waals surface area contributed by atoms with Gasteiger partial charge in [0.1, 0.15) is 0 Å². The summed E-state index contributed by atoms with van der Waals surface area (Å²) in [5, 5.41) is 11.5. The first kappa shape index (κ1) is 11.6. The van der Waals surface area contributed by atoms with E-state index in [0.717, 1.165) is 23.5 Å². The molecular formula is C11H12Cl2OS. The van der Waals surface area contributed by atoms with Crippen molar-refractivity contribution in [3.05, 3.63) is 33.8 Å². The number of hydrogen-bond donors (Lipinski definition) is 1. The molecule has 0 spiro atoms. The van der Waals surface area contributed by atoms with Gasteiger partial charge in [-0.15, -0.1) is 0 Å². The van der Waals surface area contributed by atoms with Crippen LogP contribution in [0.3, 0.4) is 0 Å². The molecule has 2 rings (SSSR count). The fraction of sp³-hybridized carbons (Fsp3) is 0.455. The quantitative estimate of drug-likeness (QED) is 0.882. The topological polar surface area (TPSA) is 20.2 Å². The van der Waals surface area contributed by atoms with Gasteiger partial charge < -0.3 is 5.11 Å². The molecule has 0 aromatic heterocycles. The number of rotatable bonds is 2. The second kappa shape index (κ2) is 4.54. The highest BCUT2D eigenvalue weighted by atomic mass is 35.5.